The predicted molar refractivity (Wildman–Crippen MR) is 143 cm³/mol. The van der Waals surface area contributed by atoms with E-state index in [1.54, 1.807) is 0 Å². The van der Waals surface area contributed by atoms with Crippen LogP contribution >= 0.6 is 0 Å². The molecule has 0 radical (unpaired) electrons. The molecule has 2 N–H and O–H groups in total. The third kappa shape index (κ3) is 5.76. The molecule has 36 heavy (non-hydrogen) atoms. The lowest BCUT2D eigenvalue weighted by atomic mass is 9.84. The van der Waals surface area contributed by atoms with E-state index in [0.717, 1.165) is 49.7 Å². The minimum absolute atomic E-state index is 0.109. The number of aliphatic hydroxyl groups is 1. The number of nitrogens with zero attached hydrogens (tertiary/aromatic N) is 4. The van der Waals surface area contributed by atoms with Crippen LogP contribution in [0, 0.1) is 0 Å². The summed E-state index contributed by atoms with van der Waals surface area (Å²) in [6.45, 7) is 3.53. The molecule has 0 bridgehead atoms. The quantitative estimate of drug-likeness (QED) is 0.546. The van der Waals surface area contributed by atoms with Crippen LogP contribution < -0.4 is 19.9 Å². The van der Waals surface area contributed by atoms with Crippen molar-refractivity contribution in [2.75, 3.05) is 56.7 Å². The summed E-state index contributed by atoms with van der Waals surface area (Å²) in [5.74, 6) is 3.40. The van der Waals surface area contributed by atoms with Crippen LogP contribution in [0.2, 0.25) is 0 Å². The zero-order chi connectivity index (χ0) is 25.0. The largest absolute Gasteiger partial charge is 0.491 e. The Morgan fingerprint density at radius 1 is 1.17 bits per heavy atom. The number of likely N-dealkylation sites (N-methyl/N-ethyl adjacent to an activating group) is 1. The number of piperidine rings is 1. The molecule has 3 heterocycles. The molecule has 1 aromatic heterocycles. The lowest BCUT2D eigenvalue weighted by Crippen LogP contribution is -2.52. The second-order valence-electron chi connectivity index (χ2n) is 10.6. The Bertz CT molecular complexity index is 998. The molecule has 2 saturated heterocycles. The fourth-order valence-electron chi connectivity index (χ4n) is 5.69. The predicted octanol–water partition coefficient (Wildman–Crippen LogP) is 3.63. The molecule has 1 atom stereocenters. The van der Waals surface area contributed by atoms with Crippen LogP contribution in [0.5, 0.6) is 5.75 Å². The van der Waals surface area contributed by atoms with E-state index in [1.807, 2.05) is 31.3 Å². The van der Waals surface area contributed by atoms with E-state index in [1.165, 1.54) is 38.5 Å². The highest BCUT2D eigenvalue weighted by Crippen LogP contribution is 2.38. The number of hydrogen-bond donors (Lipinski definition) is 2. The summed E-state index contributed by atoms with van der Waals surface area (Å²) in [7, 11) is 4.00. The molecule has 1 spiro atoms. The van der Waals surface area contributed by atoms with E-state index >= 15 is 0 Å². The number of anilines is 2. The van der Waals surface area contributed by atoms with E-state index in [2.05, 4.69) is 28.2 Å². The Morgan fingerprint density at radius 3 is 2.64 bits per heavy atom. The molecule has 196 valence electrons. The first-order chi connectivity index (χ1) is 17.5. The fourth-order valence-corrected chi connectivity index (χ4v) is 5.69. The highest BCUT2D eigenvalue weighted by molar-refractivity contribution is 5.64. The van der Waals surface area contributed by atoms with Gasteiger partial charge in [0.1, 0.15) is 30.1 Å². The van der Waals surface area contributed by atoms with Gasteiger partial charge in [-0.1, -0.05) is 31.4 Å². The van der Waals surface area contributed by atoms with Gasteiger partial charge in [0, 0.05) is 44.4 Å². The molecular weight excluding hydrogens is 454 g/mol. The second-order valence-corrected chi connectivity index (χ2v) is 10.6. The zero-order valence-corrected chi connectivity index (χ0v) is 21.8. The van der Waals surface area contributed by atoms with Gasteiger partial charge < -0.3 is 29.7 Å². The first kappa shape index (κ1) is 25.2. The second kappa shape index (κ2) is 11.3. The monoisotopic (exact) mass is 495 g/mol. The van der Waals surface area contributed by atoms with Gasteiger partial charge in [0.05, 0.1) is 12.2 Å². The summed E-state index contributed by atoms with van der Waals surface area (Å²) in [5.41, 5.74) is 1.03. The summed E-state index contributed by atoms with van der Waals surface area (Å²) in [6, 6.07) is 10.6. The van der Waals surface area contributed by atoms with Crippen LogP contribution in [0.3, 0.4) is 0 Å². The smallest absolute Gasteiger partial charge is 0.163 e. The van der Waals surface area contributed by atoms with E-state index in [0.29, 0.717) is 24.2 Å². The summed E-state index contributed by atoms with van der Waals surface area (Å²) >= 11 is 0. The topological polar surface area (TPSA) is 83.0 Å². The molecular formula is C28H41N5O3. The summed E-state index contributed by atoms with van der Waals surface area (Å²) in [5, 5.41) is 13.0. The van der Waals surface area contributed by atoms with Crippen molar-refractivity contribution >= 4 is 11.6 Å². The third-order valence-electron chi connectivity index (χ3n) is 8.12. The molecule has 0 amide bonds. The fraction of sp³-hybridized carbons (Fsp3) is 0.643. The molecule has 1 aromatic carbocycles. The zero-order valence-electron chi connectivity index (χ0n) is 21.8. The number of aromatic nitrogens is 2. The Labute approximate surface area is 215 Å². The van der Waals surface area contributed by atoms with Crippen molar-refractivity contribution < 1.29 is 14.6 Å². The van der Waals surface area contributed by atoms with Crippen molar-refractivity contribution in [2.24, 2.45) is 0 Å². The van der Waals surface area contributed by atoms with Crippen LogP contribution in [-0.2, 0) is 4.74 Å². The minimum Gasteiger partial charge on any atom is -0.491 e. The first-order valence-corrected chi connectivity index (χ1v) is 13.6. The lowest BCUT2D eigenvalue weighted by Gasteiger charge is -2.48. The van der Waals surface area contributed by atoms with Gasteiger partial charge in [-0.05, 0) is 51.3 Å². The summed E-state index contributed by atoms with van der Waals surface area (Å²) < 4.78 is 11.8. The van der Waals surface area contributed by atoms with Gasteiger partial charge in [-0.25, -0.2) is 9.97 Å². The normalized spacial score (nSPS) is 20.7. The van der Waals surface area contributed by atoms with Crippen molar-refractivity contribution in [3.63, 3.8) is 0 Å². The van der Waals surface area contributed by atoms with Crippen molar-refractivity contribution in [1.29, 1.82) is 0 Å². The van der Waals surface area contributed by atoms with E-state index in [-0.39, 0.29) is 12.2 Å². The molecule has 1 unspecified atom stereocenters. The van der Waals surface area contributed by atoms with Crippen molar-refractivity contribution in [2.45, 2.75) is 69.1 Å². The number of nitrogens with one attached hydrogen (secondary N) is 1. The third-order valence-corrected chi connectivity index (χ3v) is 8.12. The van der Waals surface area contributed by atoms with Crippen molar-refractivity contribution in [1.82, 2.24) is 15.3 Å². The maximum atomic E-state index is 10.0. The molecule has 3 fully saturated rings. The standard InChI is InChI=1S/C28H41N5O3/c1-29-19-23(34)20-35-24-10-6-7-21(17-24)27-30-25(32(2)22-8-4-3-5-9-22)18-26(31-27)33-14-11-28(12-15-33)13-16-36-28/h6-7,10,17-18,22-23,29,34H,3-5,8-9,11-16,19-20H2,1-2H3. The first-order valence-electron chi connectivity index (χ1n) is 13.6. The molecule has 1 aliphatic carbocycles. The van der Waals surface area contributed by atoms with Gasteiger partial charge in [-0.2, -0.15) is 0 Å². The molecule has 1 saturated carbocycles. The SMILES string of the molecule is CNCC(O)COc1cccc(-c2nc(N3CCC4(CCO4)CC3)cc(N(C)C3CCCCC3)n2)c1. The minimum atomic E-state index is -0.559. The van der Waals surface area contributed by atoms with Crippen molar-refractivity contribution in [3.05, 3.63) is 30.3 Å². The number of ether oxygens (including phenoxy) is 2. The number of hydrogen-bond acceptors (Lipinski definition) is 8. The highest BCUT2D eigenvalue weighted by Gasteiger charge is 2.41. The lowest BCUT2D eigenvalue weighted by molar-refractivity contribution is -0.158. The van der Waals surface area contributed by atoms with Gasteiger partial charge in [0.15, 0.2) is 5.82 Å². The van der Waals surface area contributed by atoms with E-state index in [9.17, 15) is 5.11 Å². The van der Waals surface area contributed by atoms with E-state index < -0.39 is 6.10 Å². The van der Waals surface area contributed by atoms with Gasteiger partial charge in [0.2, 0.25) is 0 Å². The molecule has 8 nitrogen and oxygen atoms in total. The molecule has 2 aromatic rings. The summed E-state index contributed by atoms with van der Waals surface area (Å²) in [6.07, 6.45) is 9.06. The Balaban J connectivity index is 1.40. The van der Waals surface area contributed by atoms with Crippen molar-refractivity contribution in [3.8, 4) is 17.1 Å². The van der Waals surface area contributed by atoms with Crippen LogP contribution in [0.25, 0.3) is 11.4 Å². The van der Waals surface area contributed by atoms with Crippen LogP contribution in [0.1, 0.15) is 51.4 Å². The van der Waals surface area contributed by atoms with Crippen LogP contribution in [0.4, 0.5) is 11.6 Å². The highest BCUT2D eigenvalue weighted by atomic mass is 16.5. The number of aliphatic hydroxyl groups excluding tert-OH is 1. The Morgan fingerprint density at radius 2 is 1.94 bits per heavy atom. The maximum Gasteiger partial charge on any atom is 0.163 e. The number of rotatable bonds is 9. The van der Waals surface area contributed by atoms with Gasteiger partial charge in [-0.3, -0.25) is 0 Å². The van der Waals surface area contributed by atoms with Crippen LogP contribution in [-0.4, -0.2) is 79.8 Å². The Hall–Kier alpha value is -2.42. The van der Waals surface area contributed by atoms with E-state index in [4.69, 9.17) is 19.4 Å². The molecule has 8 heteroatoms. The molecule has 2 aliphatic heterocycles. The average molecular weight is 496 g/mol. The average Bonchev–Trinajstić information content (AvgIpc) is 2.91. The van der Waals surface area contributed by atoms with Crippen LogP contribution in [0.15, 0.2) is 30.3 Å². The van der Waals surface area contributed by atoms with Gasteiger partial charge in [0.25, 0.3) is 0 Å². The molecule has 5 rings (SSSR count). The maximum absolute atomic E-state index is 10.0. The molecule has 3 aliphatic rings. The van der Waals surface area contributed by atoms with Gasteiger partial charge in [-0.15, -0.1) is 0 Å². The van der Waals surface area contributed by atoms with Gasteiger partial charge >= 0.3 is 0 Å². The number of benzene rings is 1. The Kier molecular flexibility index (Phi) is 7.93. The summed E-state index contributed by atoms with van der Waals surface area (Å²) in [4.78, 5) is 14.8.